The number of rotatable bonds is 7. The summed E-state index contributed by atoms with van der Waals surface area (Å²) < 4.78 is 13.1. The number of fused-ring (bicyclic) bond motifs is 1. The van der Waals surface area contributed by atoms with Gasteiger partial charge in [-0.05, 0) is 12.1 Å². The van der Waals surface area contributed by atoms with Gasteiger partial charge in [-0.15, -0.1) is 0 Å². The van der Waals surface area contributed by atoms with Gasteiger partial charge in [0.05, 0.1) is 19.4 Å². The molecule has 1 amide bonds. The summed E-state index contributed by atoms with van der Waals surface area (Å²) in [7, 11) is 1.80. The van der Waals surface area contributed by atoms with Gasteiger partial charge >= 0.3 is 0 Å². The van der Waals surface area contributed by atoms with E-state index in [1.165, 1.54) is 0 Å². The number of pyridine rings is 1. The van der Waals surface area contributed by atoms with Crippen molar-refractivity contribution in [2.45, 2.75) is 32.3 Å². The van der Waals surface area contributed by atoms with Crippen molar-refractivity contribution in [3.8, 4) is 5.88 Å². The lowest BCUT2D eigenvalue weighted by Gasteiger charge is -2.23. The summed E-state index contributed by atoms with van der Waals surface area (Å²) in [6.07, 6.45) is 5.40. The van der Waals surface area contributed by atoms with Gasteiger partial charge in [-0.3, -0.25) is 4.79 Å². The molecular formula is C20H25N7O3. The SMILES string of the molecule is CCC(=O)Nc1cnn2c(NC)cc(Nc3cccnc3OC3CCOCC3)nc12. The summed E-state index contributed by atoms with van der Waals surface area (Å²) in [5, 5.41) is 13.5. The Kier molecular flexibility index (Phi) is 5.94. The van der Waals surface area contributed by atoms with Gasteiger partial charge in [0, 0.05) is 38.6 Å². The largest absolute Gasteiger partial charge is 0.473 e. The van der Waals surface area contributed by atoms with E-state index >= 15 is 0 Å². The summed E-state index contributed by atoms with van der Waals surface area (Å²) in [6, 6.07) is 5.56. The summed E-state index contributed by atoms with van der Waals surface area (Å²) >= 11 is 0. The molecule has 30 heavy (non-hydrogen) atoms. The van der Waals surface area contributed by atoms with E-state index < -0.39 is 0 Å². The van der Waals surface area contributed by atoms with Crippen LogP contribution in [0.3, 0.4) is 0 Å². The minimum Gasteiger partial charge on any atom is -0.473 e. The zero-order valence-electron chi connectivity index (χ0n) is 17.0. The Hall–Kier alpha value is -3.40. The summed E-state index contributed by atoms with van der Waals surface area (Å²) in [5.41, 5.74) is 1.79. The second kappa shape index (κ2) is 8.95. The Morgan fingerprint density at radius 1 is 1.33 bits per heavy atom. The molecule has 3 aromatic rings. The van der Waals surface area contributed by atoms with E-state index in [2.05, 4.69) is 31.0 Å². The summed E-state index contributed by atoms with van der Waals surface area (Å²) in [4.78, 5) is 20.9. The number of carbonyl (C=O) groups excluding carboxylic acids is 1. The van der Waals surface area contributed by atoms with Crippen LogP contribution in [0, 0.1) is 0 Å². The van der Waals surface area contributed by atoms with Gasteiger partial charge in [-0.2, -0.15) is 9.61 Å². The molecular weight excluding hydrogens is 386 g/mol. The molecule has 0 saturated carbocycles. The maximum absolute atomic E-state index is 11.8. The van der Waals surface area contributed by atoms with Gasteiger partial charge in [0.2, 0.25) is 11.8 Å². The number of nitrogens with zero attached hydrogens (tertiary/aromatic N) is 4. The van der Waals surface area contributed by atoms with Crippen LogP contribution in [0.2, 0.25) is 0 Å². The first-order chi connectivity index (χ1) is 14.7. The number of hydrogen-bond donors (Lipinski definition) is 3. The Balaban J connectivity index is 1.63. The molecule has 0 aromatic carbocycles. The second-order valence-corrected chi connectivity index (χ2v) is 6.88. The van der Waals surface area contributed by atoms with Crippen molar-refractivity contribution in [3.05, 3.63) is 30.6 Å². The van der Waals surface area contributed by atoms with E-state index in [1.807, 2.05) is 18.2 Å². The Morgan fingerprint density at radius 2 is 2.17 bits per heavy atom. The van der Waals surface area contributed by atoms with Gasteiger partial charge < -0.3 is 25.4 Å². The van der Waals surface area contributed by atoms with Crippen LogP contribution in [0.1, 0.15) is 26.2 Å². The van der Waals surface area contributed by atoms with Gasteiger partial charge in [-0.25, -0.2) is 9.97 Å². The average molecular weight is 411 g/mol. The minimum absolute atomic E-state index is 0.0724. The molecule has 4 heterocycles. The third-order valence-electron chi connectivity index (χ3n) is 4.80. The Labute approximate surface area is 174 Å². The number of nitrogens with one attached hydrogen (secondary N) is 3. The fraction of sp³-hybridized carbons (Fsp3) is 0.400. The molecule has 4 rings (SSSR count). The number of carbonyl (C=O) groups is 1. The van der Waals surface area contributed by atoms with Crippen LogP contribution in [-0.2, 0) is 9.53 Å². The molecule has 0 bridgehead atoms. The van der Waals surface area contributed by atoms with E-state index in [4.69, 9.17) is 9.47 Å². The molecule has 10 nitrogen and oxygen atoms in total. The van der Waals surface area contributed by atoms with E-state index in [1.54, 1.807) is 30.9 Å². The van der Waals surface area contributed by atoms with E-state index in [9.17, 15) is 4.79 Å². The molecule has 0 aliphatic carbocycles. The summed E-state index contributed by atoms with van der Waals surface area (Å²) in [6.45, 7) is 3.18. The maximum atomic E-state index is 11.8. The number of aromatic nitrogens is 4. The second-order valence-electron chi connectivity index (χ2n) is 6.88. The monoisotopic (exact) mass is 411 g/mol. The zero-order chi connectivity index (χ0) is 20.9. The lowest BCUT2D eigenvalue weighted by atomic mass is 10.1. The van der Waals surface area contributed by atoms with Crippen LogP contribution in [-0.4, -0.2) is 51.9 Å². The average Bonchev–Trinajstić information content (AvgIpc) is 3.17. The van der Waals surface area contributed by atoms with Gasteiger partial charge in [0.15, 0.2) is 5.65 Å². The molecule has 3 aromatic heterocycles. The maximum Gasteiger partial charge on any atom is 0.238 e. The lowest BCUT2D eigenvalue weighted by Crippen LogP contribution is -2.26. The van der Waals surface area contributed by atoms with Crippen molar-refractivity contribution in [2.24, 2.45) is 0 Å². The predicted octanol–water partition coefficient (Wildman–Crippen LogP) is 2.82. The molecule has 1 aliphatic heterocycles. The van der Waals surface area contributed by atoms with Crippen LogP contribution in [0.4, 0.5) is 23.0 Å². The Morgan fingerprint density at radius 3 is 2.93 bits per heavy atom. The van der Waals surface area contributed by atoms with E-state index in [0.717, 1.165) is 18.7 Å². The van der Waals surface area contributed by atoms with E-state index in [0.29, 0.717) is 48.4 Å². The fourth-order valence-corrected chi connectivity index (χ4v) is 3.20. The molecule has 0 radical (unpaired) electrons. The van der Waals surface area contributed by atoms with E-state index in [-0.39, 0.29) is 12.0 Å². The van der Waals surface area contributed by atoms with Crippen molar-refractivity contribution in [1.29, 1.82) is 0 Å². The van der Waals surface area contributed by atoms with Crippen molar-refractivity contribution in [3.63, 3.8) is 0 Å². The number of hydrogen-bond acceptors (Lipinski definition) is 8. The smallest absolute Gasteiger partial charge is 0.238 e. The van der Waals surface area contributed by atoms with Crippen molar-refractivity contribution in [1.82, 2.24) is 19.6 Å². The van der Waals surface area contributed by atoms with Crippen molar-refractivity contribution in [2.75, 3.05) is 36.2 Å². The summed E-state index contributed by atoms with van der Waals surface area (Å²) in [5.74, 6) is 1.71. The number of ether oxygens (including phenoxy) is 2. The topological polar surface area (TPSA) is 115 Å². The van der Waals surface area contributed by atoms with Crippen LogP contribution >= 0.6 is 0 Å². The first kappa shape index (κ1) is 19.9. The van der Waals surface area contributed by atoms with Crippen LogP contribution in [0.15, 0.2) is 30.6 Å². The predicted molar refractivity (Wildman–Crippen MR) is 113 cm³/mol. The third-order valence-corrected chi connectivity index (χ3v) is 4.80. The van der Waals surface area contributed by atoms with Crippen LogP contribution < -0.4 is 20.7 Å². The fourth-order valence-electron chi connectivity index (χ4n) is 3.20. The van der Waals surface area contributed by atoms with Crippen molar-refractivity contribution >= 4 is 34.6 Å². The number of amides is 1. The molecule has 0 unspecified atom stereocenters. The molecule has 1 fully saturated rings. The Bertz CT molecular complexity index is 1030. The van der Waals surface area contributed by atoms with Gasteiger partial charge in [0.25, 0.3) is 0 Å². The highest BCUT2D eigenvalue weighted by Crippen LogP contribution is 2.29. The molecule has 1 saturated heterocycles. The molecule has 0 spiro atoms. The molecule has 3 N–H and O–H groups in total. The molecule has 0 atom stereocenters. The normalized spacial score (nSPS) is 14.5. The molecule has 10 heteroatoms. The highest BCUT2D eigenvalue weighted by molar-refractivity contribution is 5.94. The highest BCUT2D eigenvalue weighted by atomic mass is 16.5. The quantitative estimate of drug-likeness (QED) is 0.544. The molecule has 158 valence electrons. The highest BCUT2D eigenvalue weighted by Gasteiger charge is 2.19. The minimum atomic E-state index is -0.101. The molecule has 1 aliphatic rings. The third kappa shape index (κ3) is 4.28. The first-order valence-corrected chi connectivity index (χ1v) is 10.0. The van der Waals surface area contributed by atoms with Crippen LogP contribution in [0.5, 0.6) is 5.88 Å². The lowest BCUT2D eigenvalue weighted by molar-refractivity contribution is -0.115. The van der Waals surface area contributed by atoms with Gasteiger partial charge in [-0.1, -0.05) is 6.92 Å². The zero-order valence-corrected chi connectivity index (χ0v) is 17.0. The van der Waals surface area contributed by atoms with Gasteiger partial charge in [0.1, 0.15) is 29.1 Å². The van der Waals surface area contributed by atoms with Crippen LogP contribution in [0.25, 0.3) is 5.65 Å². The van der Waals surface area contributed by atoms with Crippen molar-refractivity contribution < 1.29 is 14.3 Å². The standard InChI is InChI=1S/C20H25N7O3/c1-3-18(28)25-15-12-23-27-17(21-2)11-16(26-19(15)27)24-14-5-4-8-22-20(14)30-13-6-9-29-10-7-13/h4-5,8,11-13,21H,3,6-7,9-10H2,1-2H3,(H,24,26)(H,25,28). The first-order valence-electron chi connectivity index (χ1n) is 10.0. The number of anilines is 4.